The van der Waals surface area contributed by atoms with E-state index in [-0.39, 0.29) is 18.1 Å². The molecule has 3 heteroatoms. The fourth-order valence-corrected chi connectivity index (χ4v) is 5.70. The Morgan fingerprint density at radius 2 is 1.74 bits per heavy atom. The lowest BCUT2D eigenvalue weighted by molar-refractivity contribution is 0.0848. The number of unbranched alkanes of at least 4 members (excludes halogenated alkanes) is 2. The van der Waals surface area contributed by atoms with Crippen LogP contribution in [0.1, 0.15) is 62.0 Å². The number of allylic oxidation sites excluding steroid dienone is 1. The van der Waals surface area contributed by atoms with Crippen molar-refractivity contribution < 1.29 is 9.53 Å². The third-order valence-corrected chi connectivity index (χ3v) is 7.18. The number of carbonyl (C=O) groups is 1. The minimum atomic E-state index is -0.142. The number of benzene rings is 2. The second kappa shape index (κ2) is 8.74. The van der Waals surface area contributed by atoms with Crippen LogP contribution in [0.5, 0.6) is 0 Å². The Labute approximate surface area is 185 Å². The minimum Gasteiger partial charge on any atom is -0.448 e. The highest BCUT2D eigenvalue weighted by molar-refractivity contribution is 5.79. The van der Waals surface area contributed by atoms with Gasteiger partial charge in [-0.1, -0.05) is 66.3 Å². The summed E-state index contributed by atoms with van der Waals surface area (Å²) >= 11 is 0. The van der Waals surface area contributed by atoms with Crippen molar-refractivity contribution >= 4 is 6.09 Å². The molecule has 2 aromatic rings. The summed E-state index contributed by atoms with van der Waals surface area (Å²) in [6.07, 6.45) is 12.0. The summed E-state index contributed by atoms with van der Waals surface area (Å²) in [4.78, 5) is 15.1. The SMILES string of the molecule is C=CCCCCC1=CC2CCC(C1)N2C(=O)OCC1c2ccccc2-c2ccccc21. The van der Waals surface area contributed by atoms with E-state index in [9.17, 15) is 4.79 Å². The molecule has 0 radical (unpaired) electrons. The van der Waals surface area contributed by atoms with Gasteiger partial charge in [0, 0.05) is 12.0 Å². The van der Waals surface area contributed by atoms with E-state index in [1.54, 1.807) is 0 Å². The number of nitrogens with zero attached hydrogens (tertiary/aromatic N) is 1. The molecule has 3 nitrogen and oxygen atoms in total. The van der Waals surface area contributed by atoms with Gasteiger partial charge in [0.1, 0.15) is 6.61 Å². The van der Waals surface area contributed by atoms with Crippen molar-refractivity contribution in [1.29, 1.82) is 0 Å². The largest absolute Gasteiger partial charge is 0.448 e. The molecule has 2 bridgehead atoms. The number of rotatable bonds is 7. The van der Waals surface area contributed by atoms with E-state index in [4.69, 9.17) is 4.74 Å². The third-order valence-electron chi connectivity index (χ3n) is 7.18. The quantitative estimate of drug-likeness (QED) is 0.367. The maximum atomic E-state index is 13.1. The first-order valence-electron chi connectivity index (χ1n) is 11.7. The van der Waals surface area contributed by atoms with E-state index >= 15 is 0 Å². The van der Waals surface area contributed by atoms with Gasteiger partial charge >= 0.3 is 6.09 Å². The van der Waals surface area contributed by atoms with Crippen LogP contribution in [0.15, 0.2) is 72.8 Å². The molecular formula is C28H31NO2. The van der Waals surface area contributed by atoms with Gasteiger partial charge < -0.3 is 4.74 Å². The molecule has 2 aliphatic heterocycles. The molecule has 3 aliphatic rings. The zero-order valence-electron chi connectivity index (χ0n) is 18.1. The van der Waals surface area contributed by atoms with Crippen molar-refractivity contribution in [3.05, 3.63) is 84.0 Å². The molecule has 31 heavy (non-hydrogen) atoms. The summed E-state index contributed by atoms with van der Waals surface area (Å²) in [7, 11) is 0. The van der Waals surface area contributed by atoms with Gasteiger partial charge in [0.15, 0.2) is 0 Å². The monoisotopic (exact) mass is 413 g/mol. The number of ether oxygens (including phenoxy) is 1. The molecule has 160 valence electrons. The number of amides is 1. The average molecular weight is 414 g/mol. The normalized spacial score (nSPS) is 21.4. The Balaban J connectivity index is 1.25. The summed E-state index contributed by atoms with van der Waals surface area (Å²) in [6.45, 7) is 4.21. The van der Waals surface area contributed by atoms with Crippen LogP contribution < -0.4 is 0 Å². The predicted octanol–water partition coefficient (Wildman–Crippen LogP) is 6.85. The molecule has 1 fully saturated rings. The predicted molar refractivity (Wildman–Crippen MR) is 125 cm³/mol. The van der Waals surface area contributed by atoms with Gasteiger partial charge in [0.05, 0.1) is 6.04 Å². The highest BCUT2D eigenvalue weighted by Crippen LogP contribution is 2.45. The van der Waals surface area contributed by atoms with Gasteiger partial charge in [-0.15, -0.1) is 6.58 Å². The van der Waals surface area contributed by atoms with Crippen LogP contribution >= 0.6 is 0 Å². The number of hydrogen-bond acceptors (Lipinski definition) is 2. The molecule has 1 saturated heterocycles. The average Bonchev–Trinajstić information content (AvgIpc) is 3.26. The first-order chi connectivity index (χ1) is 15.3. The van der Waals surface area contributed by atoms with Gasteiger partial charge in [-0.2, -0.15) is 0 Å². The molecule has 5 rings (SSSR count). The van der Waals surface area contributed by atoms with Crippen molar-refractivity contribution in [1.82, 2.24) is 4.90 Å². The van der Waals surface area contributed by atoms with Crippen LogP contribution in [0.4, 0.5) is 4.79 Å². The van der Waals surface area contributed by atoms with Gasteiger partial charge in [-0.3, -0.25) is 4.90 Å². The highest BCUT2D eigenvalue weighted by Gasteiger charge is 2.40. The van der Waals surface area contributed by atoms with Crippen LogP contribution in [-0.4, -0.2) is 29.7 Å². The van der Waals surface area contributed by atoms with E-state index in [1.807, 2.05) is 11.0 Å². The number of hydrogen-bond donors (Lipinski definition) is 0. The smallest absolute Gasteiger partial charge is 0.410 e. The van der Waals surface area contributed by atoms with Gasteiger partial charge in [0.25, 0.3) is 0 Å². The zero-order chi connectivity index (χ0) is 21.2. The van der Waals surface area contributed by atoms with Crippen LogP contribution in [0, 0.1) is 0 Å². The van der Waals surface area contributed by atoms with Crippen molar-refractivity contribution in [3.63, 3.8) is 0 Å². The Kier molecular flexibility index (Phi) is 5.67. The highest BCUT2D eigenvalue weighted by atomic mass is 16.6. The van der Waals surface area contributed by atoms with Crippen LogP contribution in [0.25, 0.3) is 11.1 Å². The molecule has 1 amide bonds. The maximum Gasteiger partial charge on any atom is 0.410 e. The Hall–Kier alpha value is -2.81. The first kappa shape index (κ1) is 20.1. The molecule has 0 spiro atoms. The van der Waals surface area contributed by atoms with Gasteiger partial charge in [0.2, 0.25) is 0 Å². The minimum absolute atomic E-state index is 0.120. The Morgan fingerprint density at radius 3 is 2.42 bits per heavy atom. The molecule has 0 saturated carbocycles. The molecule has 0 aromatic heterocycles. The Morgan fingerprint density at radius 1 is 1.03 bits per heavy atom. The van der Waals surface area contributed by atoms with Gasteiger partial charge in [-0.05, 0) is 67.2 Å². The summed E-state index contributed by atoms with van der Waals surface area (Å²) in [5.41, 5.74) is 6.58. The maximum absolute atomic E-state index is 13.1. The summed E-state index contributed by atoms with van der Waals surface area (Å²) < 4.78 is 5.95. The van der Waals surface area contributed by atoms with E-state index in [0.29, 0.717) is 12.6 Å². The molecule has 2 atom stereocenters. The Bertz CT molecular complexity index is 962. The summed E-state index contributed by atoms with van der Waals surface area (Å²) in [5.74, 6) is 0.120. The first-order valence-corrected chi connectivity index (χ1v) is 11.7. The number of carbonyl (C=O) groups excluding carboxylic acids is 1. The molecule has 2 unspecified atom stereocenters. The van der Waals surface area contributed by atoms with E-state index in [0.717, 1.165) is 32.1 Å². The lowest BCUT2D eigenvalue weighted by Crippen LogP contribution is -2.43. The molecule has 1 aliphatic carbocycles. The third kappa shape index (κ3) is 3.82. The molecule has 0 N–H and O–H groups in total. The van der Waals surface area contributed by atoms with Crippen LogP contribution in [-0.2, 0) is 4.74 Å². The lowest BCUT2D eigenvalue weighted by atomic mass is 9.96. The molecular weight excluding hydrogens is 382 g/mol. The van der Waals surface area contributed by atoms with Crippen molar-refractivity contribution in [2.45, 2.75) is 62.9 Å². The standard InChI is InChI=1S/C28H31NO2/c1-2-3-4-5-10-20-17-21-15-16-22(18-20)29(21)28(30)31-19-27-25-13-8-6-11-23(25)24-12-7-9-14-26(24)27/h2,6-9,11-14,17,21-22,27H,1,3-5,10,15-16,18-19H2. The van der Waals surface area contributed by atoms with E-state index < -0.39 is 0 Å². The van der Waals surface area contributed by atoms with Gasteiger partial charge in [-0.25, -0.2) is 4.79 Å². The fraction of sp³-hybridized carbons (Fsp3) is 0.393. The van der Waals surface area contributed by atoms with Crippen molar-refractivity contribution in [2.24, 2.45) is 0 Å². The topological polar surface area (TPSA) is 29.5 Å². The van der Waals surface area contributed by atoms with Crippen LogP contribution in [0.2, 0.25) is 0 Å². The second-order valence-corrected chi connectivity index (χ2v) is 9.07. The zero-order valence-corrected chi connectivity index (χ0v) is 18.1. The summed E-state index contributed by atoms with van der Waals surface area (Å²) in [6, 6.07) is 17.5. The molecule has 2 aromatic carbocycles. The van der Waals surface area contributed by atoms with Crippen molar-refractivity contribution in [3.8, 4) is 11.1 Å². The van der Waals surface area contributed by atoms with E-state index in [1.165, 1.54) is 40.7 Å². The van der Waals surface area contributed by atoms with E-state index in [2.05, 4.69) is 61.2 Å². The molecule has 2 heterocycles. The fourth-order valence-electron chi connectivity index (χ4n) is 5.70. The lowest BCUT2D eigenvalue weighted by Gasteiger charge is -2.33. The summed E-state index contributed by atoms with van der Waals surface area (Å²) in [5, 5.41) is 0. The number of fused-ring (bicyclic) bond motifs is 5. The van der Waals surface area contributed by atoms with Crippen molar-refractivity contribution in [2.75, 3.05) is 6.61 Å². The van der Waals surface area contributed by atoms with Crippen LogP contribution in [0.3, 0.4) is 0 Å². The second-order valence-electron chi connectivity index (χ2n) is 9.07.